The van der Waals surface area contributed by atoms with Gasteiger partial charge in [0.1, 0.15) is 24.4 Å². The van der Waals surface area contributed by atoms with Crippen LogP contribution in [0.15, 0.2) is 36.7 Å². The van der Waals surface area contributed by atoms with E-state index in [2.05, 4.69) is 15.3 Å². The quantitative estimate of drug-likeness (QED) is 0.591. The predicted molar refractivity (Wildman–Crippen MR) is 115 cm³/mol. The van der Waals surface area contributed by atoms with Gasteiger partial charge in [-0.05, 0) is 24.3 Å². The van der Waals surface area contributed by atoms with Crippen LogP contribution in [0.25, 0.3) is 10.9 Å². The molecule has 5 rings (SSSR count). The second kappa shape index (κ2) is 8.27. The first-order valence-corrected chi connectivity index (χ1v) is 10.4. The van der Waals surface area contributed by atoms with Crippen LogP contribution >= 0.6 is 23.2 Å². The zero-order valence-corrected chi connectivity index (χ0v) is 17.9. The molecule has 2 aliphatic rings. The van der Waals surface area contributed by atoms with Crippen LogP contribution in [0.2, 0.25) is 10.0 Å². The first-order chi connectivity index (χ1) is 15.0. The maximum atomic E-state index is 13.8. The number of ether oxygens (including phenoxy) is 4. The van der Waals surface area contributed by atoms with E-state index in [1.165, 1.54) is 6.33 Å². The Balaban J connectivity index is 1.46. The largest absolute Gasteiger partial charge is 0.493 e. The SMILES string of the molecule is COc1cc2c(Nc3ccc(Cl)cc3Cl)ncnc2cc1OC1CO[C@H]2C(F)CO[C@@H]12. The fourth-order valence-electron chi connectivity index (χ4n) is 3.82. The Labute approximate surface area is 187 Å². The lowest BCUT2D eigenvalue weighted by molar-refractivity contribution is 0.0271. The van der Waals surface area contributed by atoms with E-state index >= 15 is 0 Å². The lowest BCUT2D eigenvalue weighted by Crippen LogP contribution is -2.33. The normalized spacial score (nSPS) is 24.9. The Morgan fingerprint density at radius 1 is 1.06 bits per heavy atom. The number of anilines is 2. The molecular weight excluding hydrogens is 448 g/mol. The van der Waals surface area contributed by atoms with Crippen molar-refractivity contribution in [3.05, 3.63) is 46.7 Å². The Hall–Kier alpha value is -2.39. The van der Waals surface area contributed by atoms with E-state index in [4.69, 9.17) is 42.1 Å². The van der Waals surface area contributed by atoms with E-state index in [9.17, 15) is 4.39 Å². The summed E-state index contributed by atoms with van der Waals surface area (Å²) in [5.41, 5.74) is 1.28. The smallest absolute Gasteiger partial charge is 0.164 e. The molecule has 3 heterocycles. The van der Waals surface area contributed by atoms with Crippen molar-refractivity contribution in [2.24, 2.45) is 0 Å². The first kappa shape index (κ1) is 20.5. The molecular formula is C21H18Cl2FN3O4. The highest BCUT2D eigenvalue weighted by molar-refractivity contribution is 6.36. The van der Waals surface area contributed by atoms with Crippen molar-refractivity contribution < 1.29 is 23.3 Å². The van der Waals surface area contributed by atoms with Crippen molar-refractivity contribution in [1.82, 2.24) is 9.97 Å². The third-order valence-electron chi connectivity index (χ3n) is 5.33. The lowest BCUT2D eigenvalue weighted by atomic mass is 10.1. The fourth-order valence-corrected chi connectivity index (χ4v) is 4.27. The molecule has 162 valence electrons. The van der Waals surface area contributed by atoms with E-state index in [1.807, 2.05) is 0 Å². The molecule has 0 spiro atoms. The van der Waals surface area contributed by atoms with Gasteiger partial charge in [0.2, 0.25) is 0 Å². The Bertz CT molecular complexity index is 1140. The second-order valence-corrected chi connectivity index (χ2v) is 8.10. The monoisotopic (exact) mass is 465 g/mol. The van der Waals surface area contributed by atoms with Gasteiger partial charge in [-0.25, -0.2) is 14.4 Å². The molecule has 0 aliphatic carbocycles. The molecule has 2 unspecified atom stereocenters. The Morgan fingerprint density at radius 2 is 1.90 bits per heavy atom. The van der Waals surface area contributed by atoms with E-state index in [0.717, 1.165) is 0 Å². The molecule has 0 amide bonds. The van der Waals surface area contributed by atoms with Gasteiger partial charge in [0.15, 0.2) is 23.8 Å². The highest BCUT2D eigenvalue weighted by Crippen LogP contribution is 2.38. The third kappa shape index (κ3) is 3.85. The Kier molecular flexibility index (Phi) is 5.47. The number of halogens is 3. The minimum atomic E-state index is -1.14. The maximum Gasteiger partial charge on any atom is 0.164 e. The van der Waals surface area contributed by atoms with Crippen LogP contribution < -0.4 is 14.8 Å². The van der Waals surface area contributed by atoms with Crippen LogP contribution in [0.1, 0.15) is 0 Å². The van der Waals surface area contributed by atoms with Crippen LogP contribution in [0.4, 0.5) is 15.9 Å². The summed E-state index contributed by atoms with van der Waals surface area (Å²) in [6, 6.07) is 8.67. The number of rotatable bonds is 5. The standard InChI is InChI=1S/C21H18Cl2FN3O4/c1-28-16-5-11-15(6-17(16)31-18-8-30-19-13(24)7-29-20(18)19)25-9-26-21(11)27-14-3-2-10(22)4-12(14)23/h2-6,9,13,18-20H,7-8H2,1H3,(H,25,26,27)/t13?,18?,19-,20-/m0/s1. The number of methoxy groups -OCH3 is 1. The summed E-state index contributed by atoms with van der Waals surface area (Å²) >= 11 is 12.3. The zero-order chi connectivity index (χ0) is 21.5. The number of hydrogen-bond acceptors (Lipinski definition) is 7. The average Bonchev–Trinajstić information content (AvgIpc) is 3.33. The molecule has 10 heteroatoms. The number of alkyl halides is 1. The predicted octanol–water partition coefficient (Wildman–Crippen LogP) is 4.57. The number of nitrogens with zero attached hydrogens (tertiary/aromatic N) is 2. The van der Waals surface area contributed by atoms with Gasteiger partial charge in [-0.1, -0.05) is 23.2 Å². The topological polar surface area (TPSA) is 74.7 Å². The van der Waals surface area contributed by atoms with Crippen molar-refractivity contribution in [1.29, 1.82) is 0 Å². The van der Waals surface area contributed by atoms with E-state index in [1.54, 1.807) is 37.4 Å². The fraction of sp³-hybridized carbons (Fsp3) is 0.333. The average molecular weight is 466 g/mol. The van der Waals surface area contributed by atoms with Gasteiger partial charge >= 0.3 is 0 Å². The molecule has 0 radical (unpaired) electrons. The molecule has 31 heavy (non-hydrogen) atoms. The molecule has 4 atom stereocenters. The van der Waals surface area contributed by atoms with Crippen molar-refractivity contribution in [2.45, 2.75) is 24.5 Å². The third-order valence-corrected chi connectivity index (χ3v) is 5.88. The number of fused-ring (bicyclic) bond motifs is 2. The molecule has 0 bridgehead atoms. The second-order valence-electron chi connectivity index (χ2n) is 7.26. The van der Waals surface area contributed by atoms with Gasteiger partial charge in [-0.3, -0.25) is 0 Å². The van der Waals surface area contributed by atoms with Crippen LogP contribution in [-0.2, 0) is 9.47 Å². The van der Waals surface area contributed by atoms with Crippen LogP contribution in [0.3, 0.4) is 0 Å². The molecule has 2 aliphatic heterocycles. The molecule has 0 saturated carbocycles. The van der Waals surface area contributed by atoms with E-state index in [-0.39, 0.29) is 13.2 Å². The zero-order valence-electron chi connectivity index (χ0n) is 16.3. The molecule has 2 fully saturated rings. The molecule has 1 aromatic heterocycles. The molecule has 3 aromatic rings. The summed E-state index contributed by atoms with van der Waals surface area (Å²) in [5.74, 6) is 1.48. The highest BCUT2D eigenvalue weighted by Gasteiger charge is 2.49. The summed E-state index contributed by atoms with van der Waals surface area (Å²) in [6.07, 6.45) is -1.20. The van der Waals surface area contributed by atoms with Crippen LogP contribution in [0, 0.1) is 0 Å². The summed E-state index contributed by atoms with van der Waals surface area (Å²) in [7, 11) is 1.54. The number of hydrogen-bond donors (Lipinski definition) is 1. The first-order valence-electron chi connectivity index (χ1n) is 9.62. The molecule has 2 saturated heterocycles. The van der Waals surface area contributed by atoms with Gasteiger partial charge in [-0.2, -0.15) is 0 Å². The Morgan fingerprint density at radius 3 is 2.71 bits per heavy atom. The summed E-state index contributed by atoms with van der Waals surface area (Å²) in [5, 5.41) is 4.91. The van der Waals surface area contributed by atoms with Gasteiger partial charge in [0, 0.05) is 16.5 Å². The molecule has 7 nitrogen and oxygen atoms in total. The molecule has 2 aromatic carbocycles. The van der Waals surface area contributed by atoms with Crippen molar-refractivity contribution in [2.75, 3.05) is 25.6 Å². The van der Waals surface area contributed by atoms with E-state index < -0.39 is 24.5 Å². The number of aromatic nitrogens is 2. The lowest BCUT2D eigenvalue weighted by Gasteiger charge is -2.20. The van der Waals surface area contributed by atoms with Crippen LogP contribution in [0.5, 0.6) is 11.5 Å². The number of nitrogens with one attached hydrogen (secondary N) is 1. The van der Waals surface area contributed by atoms with Gasteiger partial charge in [0.25, 0.3) is 0 Å². The highest BCUT2D eigenvalue weighted by atomic mass is 35.5. The summed E-state index contributed by atoms with van der Waals surface area (Å²) in [4.78, 5) is 8.68. The number of benzene rings is 2. The van der Waals surface area contributed by atoms with Gasteiger partial charge in [-0.15, -0.1) is 0 Å². The summed E-state index contributed by atoms with van der Waals surface area (Å²) in [6.45, 7) is 0.252. The minimum Gasteiger partial charge on any atom is -0.493 e. The minimum absolute atomic E-state index is 0.0135. The van der Waals surface area contributed by atoms with Crippen molar-refractivity contribution in [3.63, 3.8) is 0 Å². The van der Waals surface area contributed by atoms with E-state index in [0.29, 0.717) is 44.0 Å². The van der Waals surface area contributed by atoms with Crippen molar-refractivity contribution >= 4 is 45.6 Å². The van der Waals surface area contributed by atoms with Gasteiger partial charge in [0.05, 0.1) is 36.6 Å². The molecule has 1 N–H and O–H groups in total. The van der Waals surface area contributed by atoms with Crippen LogP contribution in [-0.4, -0.2) is 54.8 Å². The van der Waals surface area contributed by atoms with Gasteiger partial charge < -0.3 is 24.3 Å². The maximum absolute atomic E-state index is 13.8. The van der Waals surface area contributed by atoms with Crippen molar-refractivity contribution in [3.8, 4) is 11.5 Å². The summed E-state index contributed by atoms with van der Waals surface area (Å²) < 4.78 is 36.5.